The highest BCUT2D eigenvalue weighted by atomic mass is 79.9. The zero-order valence-electron chi connectivity index (χ0n) is 11.2. The molecule has 0 radical (unpaired) electrons. The molecule has 5 heteroatoms. The molecule has 0 aliphatic carbocycles. The van der Waals surface area contributed by atoms with E-state index in [1.165, 1.54) is 0 Å². The summed E-state index contributed by atoms with van der Waals surface area (Å²) in [5.74, 6) is 0.592. The summed E-state index contributed by atoms with van der Waals surface area (Å²) in [6.45, 7) is 6.22. The number of nitrogens with two attached hydrogens (primary N) is 1. The van der Waals surface area contributed by atoms with Crippen LogP contribution in [0.4, 0.5) is 0 Å². The summed E-state index contributed by atoms with van der Waals surface area (Å²) in [6.07, 6.45) is 2.82. The van der Waals surface area contributed by atoms with E-state index in [1.54, 1.807) is 0 Å². The fourth-order valence-corrected chi connectivity index (χ4v) is 2.42. The van der Waals surface area contributed by atoms with Crippen molar-refractivity contribution in [2.24, 2.45) is 11.7 Å². The molecule has 1 unspecified atom stereocenters. The smallest absolute Gasteiger partial charge is 0.0694 e. The van der Waals surface area contributed by atoms with Crippen LogP contribution in [0.5, 0.6) is 0 Å². The van der Waals surface area contributed by atoms with Gasteiger partial charge in [0.1, 0.15) is 0 Å². The van der Waals surface area contributed by atoms with Gasteiger partial charge >= 0.3 is 0 Å². The Morgan fingerprint density at radius 3 is 2.65 bits per heavy atom. The summed E-state index contributed by atoms with van der Waals surface area (Å²) in [6, 6.07) is 0.0500. The number of hydrogen-bond acceptors (Lipinski definition) is 3. The molecule has 1 heterocycles. The minimum absolute atomic E-state index is 0.0500. The summed E-state index contributed by atoms with van der Waals surface area (Å²) >= 11 is 3.54. The summed E-state index contributed by atoms with van der Waals surface area (Å²) < 4.78 is 3.03. The van der Waals surface area contributed by atoms with Crippen molar-refractivity contribution in [3.05, 3.63) is 16.4 Å². The molecule has 0 aromatic carbocycles. The molecule has 1 aromatic heterocycles. The molecular weight excluding hydrogens is 280 g/mol. The van der Waals surface area contributed by atoms with E-state index in [0.717, 1.165) is 29.7 Å². The van der Waals surface area contributed by atoms with Gasteiger partial charge in [0.15, 0.2) is 0 Å². The molecule has 0 aliphatic heterocycles. The molecule has 0 spiro atoms. The molecule has 1 atom stereocenters. The van der Waals surface area contributed by atoms with Crippen LogP contribution in [0.15, 0.2) is 10.7 Å². The average Bonchev–Trinajstić information content (AvgIpc) is 2.55. The topological polar surface area (TPSA) is 47.1 Å². The molecule has 1 aromatic rings. The monoisotopic (exact) mass is 302 g/mol. The lowest BCUT2D eigenvalue weighted by atomic mass is 10.0. The van der Waals surface area contributed by atoms with Crippen LogP contribution >= 0.6 is 15.9 Å². The predicted molar refractivity (Wildman–Crippen MR) is 74.9 cm³/mol. The van der Waals surface area contributed by atoms with E-state index in [2.05, 4.69) is 53.9 Å². The standard InChI is InChI=1S/C12H23BrN4/c1-9(2)7-11(14)12-10(13)8-15-17(12)6-5-16(3)4/h8-9,11H,5-7,14H2,1-4H3. The molecule has 0 aliphatic rings. The number of nitrogens with zero attached hydrogens (tertiary/aromatic N) is 3. The lowest BCUT2D eigenvalue weighted by molar-refractivity contribution is 0.362. The zero-order valence-corrected chi connectivity index (χ0v) is 12.7. The lowest BCUT2D eigenvalue weighted by Crippen LogP contribution is -2.23. The fraction of sp³-hybridized carbons (Fsp3) is 0.750. The van der Waals surface area contributed by atoms with Crippen LogP contribution in [0.1, 0.15) is 32.0 Å². The van der Waals surface area contributed by atoms with Crippen LogP contribution < -0.4 is 5.73 Å². The van der Waals surface area contributed by atoms with Gasteiger partial charge in [0.25, 0.3) is 0 Å². The van der Waals surface area contributed by atoms with E-state index < -0.39 is 0 Å². The first-order chi connectivity index (χ1) is 7.91. The van der Waals surface area contributed by atoms with Crippen molar-refractivity contribution in [3.63, 3.8) is 0 Å². The third-order valence-electron chi connectivity index (χ3n) is 2.67. The minimum Gasteiger partial charge on any atom is -0.323 e. The number of halogens is 1. The maximum atomic E-state index is 6.24. The second-order valence-corrected chi connectivity index (χ2v) is 5.99. The van der Waals surface area contributed by atoms with Gasteiger partial charge in [0.05, 0.1) is 22.9 Å². The molecule has 0 bridgehead atoms. The Bertz CT molecular complexity index is 346. The number of rotatable bonds is 6. The molecule has 0 saturated carbocycles. The third kappa shape index (κ3) is 4.41. The summed E-state index contributed by atoms with van der Waals surface area (Å²) in [5, 5.41) is 4.38. The van der Waals surface area contributed by atoms with Gasteiger partial charge in [0, 0.05) is 12.6 Å². The van der Waals surface area contributed by atoms with Crippen LogP contribution in [0, 0.1) is 5.92 Å². The van der Waals surface area contributed by atoms with Crippen molar-refractivity contribution < 1.29 is 0 Å². The predicted octanol–water partition coefficient (Wildman–Crippen LogP) is 2.25. The Balaban J connectivity index is 2.78. The lowest BCUT2D eigenvalue weighted by Gasteiger charge is -2.18. The van der Waals surface area contributed by atoms with Crippen molar-refractivity contribution in [2.75, 3.05) is 20.6 Å². The van der Waals surface area contributed by atoms with Crippen LogP contribution in [0.25, 0.3) is 0 Å². The molecule has 17 heavy (non-hydrogen) atoms. The van der Waals surface area contributed by atoms with Gasteiger partial charge < -0.3 is 10.6 Å². The van der Waals surface area contributed by atoms with Gasteiger partial charge in [0.2, 0.25) is 0 Å². The van der Waals surface area contributed by atoms with Gasteiger partial charge in [-0.3, -0.25) is 4.68 Å². The van der Waals surface area contributed by atoms with Gasteiger partial charge in [-0.25, -0.2) is 0 Å². The van der Waals surface area contributed by atoms with Crippen LogP contribution in [0.2, 0.25) is 0 Å². The summed E-state index contributed by atoms with van der Waals surface area (Å²) in [4.78, 5) is 2.15. The van der Waals surface area contributed by atoms with Crippen LogP contribution in [0.3, 0.4) is 0 Å². The second-order valence-electron chi connectivity index (χ2n) is 5.14. The summed E-state index contributed by atoms with van der Waals surface area (Å²) in [7, 11) is 4.12. The SMILES string of the molecule is CC(C)CC(N)c1c(Br)cnn1CCN(C)C. The van der Waals surface area contributed by atoms with Crippen molar-refractivity contribution >= 4 is 15.9 Å². The van der Waals surface area contributed by atoms with E-state index in [-0.39, 0.29) is 6.04 Å². The molecule has 4 nitrogen and oxygen atoms in total. The largest absolute Gasteiger partial charge is 0.323 e. The Morgan fingerprint density at radius 1 is 1.47 bits per heavy atom. The van der Waals surface area contributed by atoms with Gasteiger partial charge in [-0.15, -0.1) is 0 Å². The van der Waals surface area contributed by atoms with E-state index in [1.807, 2.05) is 10.9 Å². The first kappa shape index (κ1) is 14.7. The quantitative estimate of drug-likeness (QED) is 0.877. The van der Waals surface area contributed by atoms with Crippen molar-refractivity contribution in [1.82, 2.24) is 14.7 Å². The van der Waals surface area contributed by atoms with Gasteiger partial charge in [-0.05, 0) is 42.4 Å². The van der Waals surface area contributed by atoms with Crippen LogP contribution in [-0.4, -0.2) is 35.3 Å². The highest BCUT2D eigenvalue weighted by Crippen LogP contribution is 2.26. The Hall–Kier alpha value is -0.390. The Morgan fingerprint density at radius 2 is 2.12 bits per heavy atom. The molecule has 1 rings (SSSR count). The minimum atomic E-state index is 0.0500. The van der Waals surface area contributed by atoms with E-state index >= 15 is 0 Å². The first-order valence-electron chi connectivity index (χ1n) is 6.03. The summed E-state index contributed by atoms with van der Waals surface area (Å²) in [5.41, 5.74) is 7.36. The van der Waals surface area contributed by atoms with Gasteiger partial charge in [-0.1, -0.05) is 13.8 Å². The molecule has 98 valence electrons. The van der Waals surface area contributed by atoms with Gasteiger partial charge in [-0.2, -0.15) is 5.10 Å². The maximum Gasteiger partial charge on any atom is 0.0694 e. The van der Waals surface area contributed by atoms with Crippen molar-refractivity contribution in [2.45, 2.75) is 32.9 Å². The molecule has 2 N–H and O–H groups in total. The fourth-order valence-electron chi connectivity index (χ4n) is 1.83. The highest BCUT2D eigenvalue weighted by molar-refractivity contribution is 9.10. The molecule has 0 amide bonds. The number of likely N-dealkylation sites (N-methyl/N-ethyl adjacent to an activating group) is 1. The Kier molecular flexibility index (Phi) is 5.62. The number of hydrogen-bond donors (Lipinski definition) is 1. The van der Waals surface area contributed by atoms with Crippen molar-refractivity contribution in [3.8, 4) is 0 Å². The zero-order chi connectivity index (χ0) is 13.0. The maximum absolute atomic E-state index is 6.24. The third-order valence-corrected chi connectivity index (χ3v) is 3.28. The average molecular weight is 303 g/mol. The van der Waals surface area contributed by atoms with E-state index in [9.17, 15) is 0 Å². The number of aromatic nitrogens is 2. The van der Waals surface area contributed by atoms with E-state index in [0.29, 0.717) is 5.92 Å². The molecule has 0 saturated heterocycles. The first-order valence-corrected chi connectivity index (χ1v) is 6.82. The van der Waals surface area contributed by atoms with Crippen molar-refractivity contribution in [1.29, 1.82) is 0 Å². The Labute approximate surface area is 112 Å². The van der Waals surface area contributed by atoms with Crippen LogP contribution in [-0.2, 0) is 6.54 Å². The normalized spacial score (nSPS) is 13.6. The van der Waals surface area contributed by atoms with E-state index in [4.69, 9.17) is 5.73 Å². The second kappa shape index (κ2) is 6.52. The highest BCUT2D eigenvalue weighted by Gasteiger charge is 2.17. The molecule has 0 fully saturated rings. The molecular formula is C12H23BrN4.